The fourth-order valence-electron chi connectivity index (χ4n) is 4.73. The maximum Gasteiger partial charge on any atom is 0.437 e. The molecule has 1 unspecified atom stereocenters. The van der Waals surface area contributed by atoms with Crippen LogP contribution in [0.3, 0.4) is 0 Å². The van der Waals surface area contributed by atoms with Crippen molar-refractivity contribution in [2.75, 3.05) is 6.54 Å². The van der Waals surface area contributed by atoms with E-state index in [2.05, 4.69) is 20.4 Å². The number of carbonyl (C=O) groups excluding carboxylic acids is 1. The summed E-state index contributed by atoms with van der Waals surface area (Å²) in [5, 5.41) is 15.2. The van der Waals surface area contributed by atoms with Crippen LogP contribution in [0.25, 0.3) is 11.4 Å². The lowest BCUT2D eigenvalue weighted by Crippen LogP contribution is -2.44. The van der Waals surface area contributed by atoms with E-state index < -0.39 is 47.3 Å². The second kappa shape index (κ2) is 12.8. The Morgan fingerprint density at radius 1 is 1.04 bits per heavy atom. The molecule has 1 aromatic heterocycles. The summed E-state index contributed by atoms with van der Waals surface area (Å²) >= 11 is 0. The van der Waals surface area contributed by atoms with Crippen molar-refractivity contribution < 1.29 is 50.3 Å². The first-order chi connectivity index (χ1) is 20.9. The van der Waals surface area contributed by atoms with Gasteiger partial charge in [-0.3, -0.25) is 5.32 Å². The molecule has 0 aliphatic carbocycles. The fraction of sp³-hybridized carbons (Fsp3) is 0.414. The fourth-order valence-corrected chi connectivity index (χ4v) is 4.73. The second-order valence-electron chi connectivity index (χ2n) is 11.2. The SMILES string of the molecule is CC(C)(C)OC(=O)N=C(NC(=O)O)N1CCCC1c1nc(-c2ccc(CCc3ccc(C(F)(F)F)cc3)c(C(F)(F)F)c2)no1. The van der Waals surface area contributed by atoms with Gasteiger partial charge in [0.15, 0.2) is 0 Å². The number of likely N-dealkylation sites (tertiary alicyclic amines) is 1. The molecule has 0 spiro atoms. The van der Waals surface area contributed by atoms with E-state index in [1.165, 1.54) is 29.2 Å². The number of guanidine groups is 1. The van der Waals surface area contributed by atoms with Crippen LogP contribution in [0, 0.1) is 0 Å². The summed E-state index contributed by atoms with van der Waals surface area (Å²) in [7, 11) is 0. The molecule has 2 N–H and O–H groups in total. The molecule has 1 saturated heterocycles. The monoisotopic (exact) mass is 641 g/mol. The molecule has 2 aromatic carbocycles. The molecule has 10 nitrogen and oxygen atoms in total. The lowest BCUT2D eigenvalue weighted by molar-refractivity contribution is -0.138. The van der Waals surface area contributed by atoms with Crippen molar-refractivity contribution in [3.63, 3.8) is 0 Å². The van der Waals surface area contributed by atoms with Gasteiger partial charge in [0.25, 0.3) is 0 Å². The van der Waals surface area contributed by atoms with Gasteiger partial charge in [-0.2, -0.15) is 31.3 Å². The summed E-state index contributed by atoms with van der Waals surface area (Å²) in [5.74, 6) is -0.532. The molecule has 242 valence electrons. The molecule has 0 radical (unpaired) electrons. The normalized spacial score (nSPS) is 16.2. The van der Waals surface area contributed by atoms with E-state index in [-0.39, 0.29) is 48.2 Å². The minimum atomic E-state index is -4.75. The molecule has 16 heteroatoms. The van der Waals surface area contributed by atoms with Gasteiger partial charge in [0, 0.05) is 12.1 Å². The Hall–Kier alpha value is -4.63. The standard InChI is InChI=1S/C29H29F6N5O5/c1-27(2,3)44-26(43)38-24(37-25(41)42)40-14-4-5-21(40)23-36-22(39-45-23)18-11-10-17(20(15-18)29(33,34)35)9-6-16-7-12-19(13-8-16)28(30,31)32/h7-8,10-13,15,21H,4-6,9,14H2,1-3H3,(H,41,42)(H,37,38,43). The Morgan fingerprint density at radius 3 is 2.33 bits per heavy atom. The third kappa shape index (κ3) is 8.73. The van der Waals surface area contributed by atoms with Crippen LogP contribution < -0.4 is 5.32 Å². The first-order valence-corrected chi connectivity index (χ1v) is 13.7. The molecule has 3 aromatic rings. The minimum Gasteiger partial charge on any atom is -0.465 e. The number of carboxylic acid groups (broad SMARTS) is 1. The highest BCUT2D eigenvalue weighted by Crippen LogP contribution is 2.37. The number of ether oxygens (including phenoxy) is 1. The summed E-state index contributed by atoms with van der Waals surface area (Å²) in [5.41, 5.74) is -2.34. The molecule has 1 aliphatic heterocycles. The number of nitrogens with zero attached hydrogens (tertiary/aromatic N) is 4. The number of aryl methyl sites for hydroxylation is 2. The number of amides is 2. The smallest absolute Gasteiger partial charge is 0.437 e. The average molecular weight is 642 g/mol. The van der Waals surface area contributed by atoms with Gasteiger partial charge in [0.1, 0.15) is 11.6 Å². The van der Waals surface area contributed by atoms with Gasteiger partial charge in [-0.05, 0) is 75.8 Å². The van der Waals surface area contributed by atoms with Gasteiger partial charge in [0.2, 0.25) is 17.7 Å². The Bertz CT molecular complexity index is 1560. The Morgan fingerprint density at radius 2 is 1.73 bits per heavy atom. The molecule has 45 heavy (non-hydrogen) atoms. The highest BCUT2D eigenvalue weighted by atomic mass is 19.4. The number of hydrogen-bond acceptors (Lipinski definition) is 6. The number of benzene rings is 2. The topological polar surface area (TPSA) is 130 Å². The van der Waals surface area contributed by atoms with Crippen LogP contribution in [0.15, 0.2) is 52.0 Å². The van der Waals surface area contributed by atoms with E-state index in [0.29, 0.717) is 18.4 Å². The van der Waals surface area contributed by atoms with Gasteiger partial charge in [0.05, 0.1) is 11.1 Å². The maximum atomic E-state index is 14.1. The van der Waals surface area contributed by atoms with Crippen molar-refractivity contribution in [1.29, 1.82) is 0 Å². The zero-order valence-corrected chi connectivity index (χ0v) is 24.3. The van der Waals surface area contributed by atoms with Crippen LogP contribution in [0.1, 0.15) is 67.8 Å². The van der Waals surface area contributed by atoms with Gasteiger partial charge in [-0.1, -0.05) is 29.4 Å². The second-order valence-corrected chi connectivity index (χ2v) is 11.2. The molecule has 1 fully saturated rings. The molecule has 0 bridgehead atoms. The Labute approximate surface area is 253 Å². The number of aromatic nitrogens is 2. The largest absolute Gasteiger partial charge is 0.465 e. The predicted molar refractivity (Wildman–Crippen MR) is 147 cm³/mol. The van der Waals surface area contributed by atoms with Gasteiger partial charge in [-0.25, -0.2) is 9.59 Å². The zero-order chi connectivity index (χ0) is 33.2. The molecule has 1 aliphatic rings. The first-order valence-electron chi connectivity index (χ1n) is 13.7. The van der Waals surface area contributed by atoms with E-state index in [4.69, 9.17) is 9.26 Å². The van der Waals surface area contributed by atoms with Crippen LogP contribution in [0.4, 0.5) is 35.9 Å². The zero-order valence-electron chi connectivity index (χ0n) is 24.3. The number of carbonyl (C=O) groups is 2. The number of nitrogens with one attached hydrogen (secondary N) is 1. The number of hydrogen-bond donors (Lipinski definition) is 2. The van der Waals surface area contributed by atoms with Crippen molar-refractivity contribution in [2.24, 2.45) is 4.99 Å². The van der Waals surface area contributed by atoms with E-state index in [1.54, 1.807) is 20.8 Å². The number of alkyl halides is 6. The lowest BCUT2D eigenvalue weighted by atomic mass is 9.97. The number of halogens is 6. The summed E-state index contributed by atoms with van der Waals surface area (Å²) in [4.78, 5) is 33.2. The number of aliphatic imine (C=N–C) groups is 1. The van der Waals surface area contributed by atoms with E-state index >= 15 is 0 Å². The van der Waals surface area contributed by atoms with Crippen molar-refractivity contribution in [2.45, 2.75) is 70.4 Å². The van der Waals surface area contributed by atoms with E-state index in [1.807, 2.05) is 0 Å². The van der Waals surface area contributed by atoms with Crippen LogP contribution in [-0.2, 0) is 29.9 Å². The molecule has 0 saturated carbocycles. The molecule has 2 heterocycles. The van der Waals surface area contributed by atoms with Gasteiger partial charge < -0.3 is 19.3 Å². The van der Waals surface area contributed by atoms with Crippen molar-refractivity contribution in [3.05, 3.63) is 70.6 Å². The highest BCUT2D eigenvalue weighted by molar-refractivity contribution is 5.98. The quantitative estimate of drug-likeness (QED) is 0.169. The first kappa shape index (κ1) is 33.3. The van der Waals surface area contributed by atoms with E-state index in [0.717, 1.165) is 18.2 Å². The summed E-state index contributed by atoms with van der Waals surface area (Å²) in [6.45, 7) is 5.08. The number of rotatable bonds is 5. The third-order valence-electron chi connectivity index (χ3n) is 6.70. The molecule has 1 atom stereocenters. The predicted octanol–water partition coefficient (Wildman–Crippen LogP) is 7.26. The van der Waals surface area contributed by atoms with Gasteiger partial charge >= 0.3 is 24.5 Å². The average Bonchev–Trinajstić information content (AvgIpc) is 3.59. The summed E-state index contributed by atoms with van der Waals surface area (Å²) in [6.07, 6.45) is -10.9. The van der Waals surface area contributed by atoms with Crippen LogP contribution in [0.5, 0.6) is 0 Å². The van der Waals surface area contributed by atoms with Crippen LogP contribution in [0.2, 0.25) is 0 Å². The molecular formula is C29H29F6N5O5. The van der Waals surface area contributed by atoms with Gasteiger partial charge in [-0.15, -0.1) is 4.99 Å². The van der Waals surface area contributed by atoms with Crippen LogP contribution in [-0.4, -0.2) is 50.4 Å². The molecule has 2 amide bonds. The van der Waals surface area contributed by atoms with Crippen molar-refractivity contribution in [1.82, 2.24) is 20.4 Å². The van der Waals surface area contributed by atoms with Crippen molar-refractivity contribution in [3.8, 4) is 11.4 Å². The summed E-state index contributed by atoms with van der Waals surface area (Å²) < 4.78 is 91.1. The molecular weight excluding hydrogens is 612 g/mol. The van der Waals surface area contributed by atoms with Crippen molar-refractivity contribution >= 4 is 18.1 Å². The molecule has 4 rings (SSSR count). The van der Waals surface area contributed by atoms with Crippen LogP contribution >= 0.6 is 0 Å². The minimum absolute atomic E-state index is 0.00791. The summed E-state index contributed by atoms with van der Waals surface area (Å²) in [6, 6.07) is 6.97. The Balaban J connectivity index is 1.56. The van der Waals surface area contributed by atoms with E-state index in [9.17, 15) is 41.0 Å². The third-order valence-corrected chi connectivity index (χ3v) is 6.70. The Kier molecular flexibility index (Phi) is 9.44. The maximum absolute atomic E-state index is 14.1. The lowest BCUT2D eigenvalue weighted by Gasteiger charge is -2.25. The highest BCUT2D eigenvalue weighted by Gasteiger charge is 2.36.